The topological polar surface area (TPSA) is 49.4 Å². The summed E-state index contributed by atoms with van der Waals surface area (Å²) in [5, 5.41) is 3.55. The Labute approximate surface area is 207 Å². The zero-order chi connectivity index (χ0) is 24.3. The van der Waals surface area contributed by atoms with Gasteiger partial charge in [-0.2, -0.15) is 0 Å². The second-order valence-electron chi connectivity index (χ2n) is 8.51. The molecule has 34 heavy (non-hydrogen) atoms. The van der Waals surface area contributed by atoms with E-state index in [9.17, 15) is 9.59 Å². The van der Waals surface area contributed by atoms with E-state index < -0.39 is 6.04 Å². The fraction of sp³-hybridized carbons (Fsp3) is 0.310. The molecule has 178 valence electrons. The summed E-state index contributed by atoms with van der Waals surface area (Å²) in [6.07, 6.45) is 2.15. The Morgan fingerprint density at radius 1 is 0.882 bits per heavy atom. The number of nitrogens with one attached hydrogen (secondary N) is 1. The molecular weight excluding hydrogens is 444 g/mol. The SMILES string of the molecule is CCCCNC(=O)[C@H](C)N(Cc1ccccc1Cl)C(=O)CC(c1ccccc1)c1ccccc1. The van der Waals surface area contributed by atoms with Gasteiger partial charge in [0, 0.05) is 30.5 Å². The van der Waals surface area contributed by atoms with Crippen molar-refractivity contribution in [2.45, 2.75) is 51.6 Å². The zero-order valence-corrected chi connectivity index (χ0v) is 20.7. The number of unbranched alkanes of at least 4 members (excludes halogenated alkanes) is 1. The third-order valence-electron chi connectivity index (χ3n) is 6.08. The van der Waals surface area contributed by atoms with Crippen molar-refractivity contribution >= 4 is 23.4 Å². The highest BCUT2D eigenvalue weighted by molar-refractivity contribution is 6.31. The first-order chi connectivity index (χ1) is 16.5. The highest BCUT2D eigenvalue weighted by Crippen LogP contribution is 2.30. The highest BCUT2D eigenvalue weighted by atomic mass is 35.5. The predicted octanol–water partition coefficient (Wildman–Crippen LogP) is 6.20. The predicted molar refractivity (Wildman–Crippen MR) is 139 cm³/mol. The van der Waals surface area contributed by atoms with Gasteiger partial charge in [0.1, 0.15) is 6.04 Å². The molecule has 0 unspecified atom stereocenters. The molecule has 0 aliphatic rings. The van der Waals surface area contributed by atoms with Gasteiger partial charge in [-0.15, -0.1) is 0 Å². The van der Waals surface area contributed by atoms with Crippen LogP contribution < -0.4 is 5.32 Å². The van der Waals surface area contributed by atoms with E-state index in [0.717, 1.165) is 29.5 Å². The largest absolute Gasteiger partial charge is 0.354 e. The molecule has 3 aromatic rings. The maximum absolute atomic E-state index is 13.8. The number of carbonyl (C=O) groups excluding carboxylic acids is 2. The normalized spacial score (nSPS) is 11.8. The van der Waals surface area contributed by atoms with E-state index in [4.69, 9.17) is 11.6 Å². The van der Waals surface area contributed by atoms with Crippen molar-refractivity contribution in [2.75, 3.05) is 6.54 Å². The van der Waals surface area contributed by atoms with Crippen molar-refractivity contribution < 1.29 is 9.59 Å². The molecule has 0 aliphatic heterocycles. The number of benzene rings is 3. The Bertz CT molecular complexity index is 1020. The van der Waals surface area contributed by atoms with Crippen LogP contribution in [0, 0.1) is 0 Å². The third kappa shape index (κ3) is 6.94. The first-order valence-electron chi connectivity index (χ1n) is 11.9. The molecule has 1 atom stereocenters. The molecule has 0 bridgehead atoms. The lowest BCUT2D eigenvalue weighted by atomic mass is 9.88. The molecule has 0 aromatic heterocycles. The van der Waals surface area contributed by atoms with Crippen LogP contribution in [-0.2, 0) is 16.1 Å². The van der Waals surface area contributed by atoms with Crippen LogP contribution in [0.3, 0.4) is 0 Å². The molecule has 1 N–H and O–H groups in total. The summed E-state index contributed by atoms with van der Waals surface area (Å²) in [7, 11) is 0. The maximum atomic E-state index is 13.8. The molecular formula is C29H33ClN2O2. The van der Waals surface area contributed by atoms with E-state index in [-0.39, 0.29) is 30.7 Å². The molecule has 0 saturated heterocycles. The molecule has 2 amide bonds. The number of hydrogen-bond acceptors (Lipinski definition) is 2. The fourth-order valence-corrected chi connectivity index (χ4v) is 4.22. The summed E-state index contributed by atoms with van der Waals surface area (Å²) in [5.41, 5.74) is 2.96. The van der Waals surface area contributed by atoms with Gasteiger partial charge in [-0.25, -0.2) is 0 Å². The van der Waals surface area contributed by atoms with Gasteiger partial charge in [-0.1, -0.05) is 104 Å². The third-order valence-corrected chi connectivity index (χ3v) is 6.45. The smallest absolute Gasteiger partial charge is 0.242 e. The van der Waals surface area contributed by atoms with Crippen LogP contribution in [0.5, 0.6) is 0 Å². The lowest BCUT2D eigenvalue weighted by molar-refractivity contribution is -0.140. The van der Waals surface area contributed by atoms with Gasteiger partial charge >= 0.3 is 0 Å². The minimum atomic E-state index is -0.618. The van der Waals surface area contributed by atoms with Crippen LogP contribution in [0.1, 0.15) is 55.7 Å². The Kier molecular flexibility index (Phi) is 9.72. The summed E-state index contributed by atoms with van der Waals surface area (Å²) in [6.45, 7) is 4.74. The number of rotatable bonds is 11. The minimum Gasteiger partial charge on any atom is -0.354 e. The van der Waals surface area contributed by atoms with Gasteiger partial charge in [0.2, 0.25) is 11.8 Å². The molecule has 5 heteroatoms. The van der Waals surface area contributed by atoms with Crippen molar-refractivity contribution in [3.63, 3.8) is 0 Å². The second-order valence-corrected chi connectivity index (χ2v) is 8.92. The number of hydrogen-bond donors (Lipinski definition) is 1. The standard InChI is InChI=1S/C29H33ClN2O2/c1-3-4-19-31-29(34)22(2)32(21-25-17-11-12-18-27(25)30)28(33)20-26(23-13-7-5-8-14-23)24-15-9-6-10-16-24/h5-18,22,26H,3-4,19-21H2,1-2H3,(H,31,34)/t22-/m0/s1. The number of nitrogens with zero attached hydrogens (tertiary/aromatic N) is 1. The molecule has 0 radical (unpaired) electrons. The molecule has 0 aliphatic carbocycles. The Morgan fingerprint density at radius 3 is 2.00 bits per heavy atom. The summed E-state index contributed by atoms with van der Waals surface area (Å²) < 4.78 is 0. The van der Waals surface area contributed by atoms with Crippen molar-refractivity contribution in [1.29, 1.82) is 0 Å². The minimum absolute atomic E-state index is 0.0873. The number of carbonyl (C=O) groups is 2. The van der Waals surface area contributed by atoms with Gasteiger partial charge in [0.05, 0.1) is 0 Å². The van der Waals surface area contributed by atoms with E-state index >= 15 is 0 Å². The van der Waals surface area contributed by atoms with E-state index in [1.807, 2.05) is 84.9 Å². The Balaban J connectivity index is 1.89. The fourth-order valence-electron chi connectivity index (χ4n) is 4.02. The van der Waals surface area contributed by atoms with Gasteiger partial charge in [-0.3, -0.25) is 9.59 Å². The zero-order valence-electron chi connectivity index (χ0n) is 19.9. The van der Waals surface area contributed by atoms with Crippen molar-refractivity contribution in [1.82, 2.24) is 10.2 Å². The maximum Gasteiger partial charge on any atom is 0.242 e. The van der Waals surface area contributed by atoms with Crippen LogP contribution in [-0.4, -0.2) is 29.3 Å². The average Bonchev–Trinajstić information content (AvgIpc) is 2.87. The summed E-state index contributed by atoms with van der Waals surface area (Å²) in [5.74, 6) is -0.348. The molecule has 3 rings (SSSR count). The van der Waals surface area contributed by atoms with Crippen LogP contribution in [0.15, 0.2) is 84.9 Å². The van der Waals surface area contributed by atoms with Crippen molar-refractivity contribution in [3.8, 4) is 0 Å². The van der Waals surface area contributed by atoms with Crippen molar-refractivity contribution in [2.24, 2.45) is 0 Å². The lowest BCUT2D eigenvalue weighted by Crippen LogP contribution is -2.48. The van der Waals surface area contributed by atoms with E-state index in [1.165, 1.54) is 0 Å². The Morgan fingerprint density at radius 2 is 1.44 bits per heavy atom. The van der Waals surface area contributed by atoms with Gasteiger partial charge in [0.15, 0.2) is 0 Å². The van der Waals surface area contributed by atoms with Gasteiger partial charge in [-0.05, 0) is 36.1 Å². The first-order valence-corrected chi connectivity index (χ1v) is 12.3. The molecule has 0 heterocycles. The molecule has 4 nitrogen and oxygen atoms in total. The lowest BCUT2D eigenvalue weighted by Gasteiger charge is -2.31. The van der Waals surface area contributed by atoms with E-state index in [0.29, 0.717) is 11.6 Å². The first kappa shape index (κ1) is 25.5. The average molecular weight is 477 g/mol. The molecule has 0 fully saturated rings. The van der Waals surface area contributed by atoms with Gasteiger partial charge < -0.3 is 10.2 Å². The van der Waals surface area contributed by atoms with E-state index in [1.54, 1.807) is 11.8 Å². The monoisotopic (exact) mass is 476 g/mol. The van der Waals surface area contributed by atoms with Crippen LogP contribution >= 0.6 is 11.6 Å². The van der Waals surface area contributed by atoms with Crippen molar-refractivity contribution in [3.05, 3.63) is 107 Å². The van der Waals surface area contributed by atoms with Gasteiger partial charge in [0.25, 0.3) is 0 Å². The summed E-state index contributed by atoms with van der Waals surface area (Å²) >= 11 is 6.42. The number of halogens is 1. The molecule has 0 saturated carbocycles. The second kappa shape index (κ2) is 13.0. The van der Waals surface area contributed by atoms with Crippen LogP contribution in [0.25, 0.3) is 0 Å². The quantitative estimate of drug-likeness (QED) is 0.335. The molecule has 3 aromatic carbocycles. The Hall–Kier alpha value is -3.11. The molecule has 0 spiro atoms. The highest BCUT2D eigenvalue weighted by Gasteiger charge is 2.29. The van der Waals surface area contributed by atoms with Crippen LogP contribution in [0.4, 0.5) is 0 Å². The summed E-state index contributed by atoms with van der Waals surface area (Å²) in [4.78, 5) is 28.4. The summed E-state index contributed by atoms with van der Waals surface area (Å²) in [6, 6.07) is 26.9. The van der Waals surface area contributed by atoms with E-state index in [2.05, 4.69) is 12.2 Å². The number of amides is 2. The van der Waals surface area contributed by atoms with Crippen LogP contribution in [0.2, 0.25) is 5.02 Å².